The zero-order chi connectivity index (χ0) is 13.0. The van der Waals surface area contributed by atoms with Crippen LogP contribution in [0.25, 0.3) is 0 Å². The van der Waals surface area contributed by atoms with Crippen LogP contribution in [-0.4, -0.2) is 15.3 Å². The molecule has 0 N–H and O–H groups in total. The standard InChI is InChI=1S/C14H14N2O2/c1-2-13(17)12-5-3-11(4-6-12)9-16-10-15-8-7-14(16)18/h3-8,10H,2,9H2,1H3. The normalized spacial score (nSPS) is 10.3. The van der Waals surface area contributed by atoms with Gasteiger partial charge < -0.3 is 0 Å². The van der Waals surface area contributed by atoms with Gasteiger partial charge in [-0.1, -0.05) is 31.2 Å². The fourth-order valence-corrected chi connectivity index (χ4v) is 1.69. The molecule has 0 atom stereocenters. The molecule has 0 saturated carbocycles. The van der Waals surface area contributed by atoms with Crippen molar-refractivity contribution in [2.24, 2.45) is 0 Å². The molecule has 1 aromatic carbocycles. The Balaban J connectivity index is 2.19. The van der Waals surface area contributed by atoms with E-state index < -0.39 is 0 Å². The van der Waals surface area contributed by atoms with Gasteiger partial charge in [0.05, 0.1) is 12.9 Å². The van der Waals surface area contributed by atoms with Crippen LogP contribution in [0.3, 0.4) is 0 Å². The number of hydrogen-bond donors (Lipinski definition) is 0. The Morgan fingerprint density at radius 3 is 2.56 bits per heavy atom. The topological polar surface area (TPSA) is 52.0 Å². The highest BCUT2D eigenvalue weighted by atomic mass is 16.1. The average molecular weight is 242 g/mol. The first-order valence-corrected chi connectivity index (χ1v) is 5.83. The van der Waals surface area contributed by atoms with E-state index in [4.69, 9.17) is 0 Å². The molecule has 92 valence electrons. The lowest BCUT2D eigenvalue weighted by atomic mass is 10.1. The van der Waals surface area contributed by atoms with Crippen LogP contribution >= 0.6 is 0 Å². The number of hydrogen-bond acceptors (Lipinski definition) is 3. The van der Waals surface area contributed by atoms with Crippen LogP contribution in [0.15, 0.2) is 47.7 Å². The largest absolute Gasteiger partial charge is 0.295 e. The van der Waals surface area contributed by atoms with E-state index in [1.807, 2.05) is 19.1 Å². The molecule has 0 aliphatic carbocycles. The minimum absolute atomic E-state index is 0.0845. The van der Waals surface area contributed by atoms with Gasteiger partial charge in [0, 0.05) is 24.2 Å². The summed E-state index contributed by atoms with van der Waals surface area (Å²) in [6.07, 6.45) is 3.48. The Morgan fingerprint density at radius 2 is 1.94 bits per heavy atom. The second-order valence-corrected chi connectivity index (χ2v) is 4.02. The number of carbonyl (C=O) groups is 1. The molecule has 4 nitrogen and oxygen atoms in total. The Hall–Kier alpha value is -2.23. The summed E-state index contributed by atoms with van der Waals surface area (Å²) in [4.78, 5) is 26.9. The number of nitrogens with zero attached hydrogens (tertiary/aromatic N) is 2. The summed E-state index contributed by atoms with van der Waals surface area (Å²) in [6.45, 7) is 2.30. The smallest absolute Gasteiger partial charge is 0.253 e. The molecule has 0 amide bonds. The van der Waals surface area contributed by atoms with Crippen LogP contribution < -0.4 is 5.56 Å². The van der Waals surface area contributed by atoms with Crippen molar-refractivity contribution >= 4 is 5.78 Å². The summed E-state index contributed by atoms with van der Waals surface area (Å²) < 4.78 is 1.52. The summed E-state index contributed by atoms with van der Waals surface area (Å²) in [5, 5.41) is 0. The Morgan fingerprint density at radius 1 is 1.22 bits per heavy atom. The highest BCUT2D eigenvalue weighted by molar-refractivity contribution is 5.95. The third-order valence-corrected chi connectivity index (χ3v) is 2.74. The molecule has 0 unspecified atom stereocenters. The summed E-state index contributed by atoms with van der Waals surface area (Å²) in [6, 6.07) is 8.74. The van der Waals surface area contributed by atoms with Crippen LogP contribution in [-0.2, 0) is 6.54 Å². The lowest BCUT2D eigenvalue weighted by molar-refractivity contribution is 0.0988. The third kappa shape index (κ3) is 2.71. The second-order valence-electron chi connectivity index (χ2n) is 4.02. The first kappa shape index (κ1) is 12.2. The van der Waals surface area contributed by atoms with Crippen LogP contribution in [0.5, 0.6) is 0 Å². The first-order chi connectivity index (χ1) is 8.70. The minimum atomic E-state index is -0.0845. The number of ketones is 1. The van der Waals surface area contributed by atoms with Crippen LogP contribution in [0.1, 0.15) is 29.3 Å². The molecule has 2 aromatic rings. The maximum atomic E-state index is 11.5. The van der Waals surface area contributed by atoms with E-state index >= 15 is 0 Å². The van der Waals surface area contributed by atoms with E-state index in [0.717, 1.165) is 5.56 Å². The fourth-order valence-electron chi connectivity index (χ4n) is 1.69. The van der Waals surface area contributed by atoms with Crippen LogP contribution in [0, 0.1) is 0 Å². The van der Waals surface area contributed by atoms with Gasteiger partial charge >= 0.3 is 0 Å². The first-order valence-electron chi connectivity index (χ1n) is 5.83. The molecule has 0 bridgehead atoms. The van der Waals surface area contributed by atoms with Crippen molar-refractivity contribution in [3.05, 3.63) is 64.3 Å². The van der Waals surface area contributed by atoms with Crippen LogP contribution in [0.2, 0.25) is 0 Å². The van der Waals surface area contributed by atoms with Crippen molar-refractivity contribution < 1.29 is 4.79 Å². The van der Waals surface area contributed by atoms with Crippen molar-refractivity contribution in [2.45, 2.75) is 19.9 Å². The van der Waals surface area contributed by atoms with Gasteiger partial charge in [0.25, 0.3) is 5.56 Å². The van der Waals surface area contributed by atoms with E-state index in [9.17, 15) is 9.59 Å². The number of rotatable bonds is 4. The molecule has 2 rings (SSSR count). The van der Waals surface area contributed by atoms with Gasteiger partial charge in [-0.15, -0.1) is 0 Å². The van der Waals surface area contributed by atoms with Crippen molar-refractivity contribution in [2.75, 3.05) is 0 Å². The highest BCUT2D eigenvalue weighted by Gasteiger charge is 2.03. The maximum absolute atomic E-state index is 11.5. The van der Waals surface area contributed by atoms with E-state index in [0.29, 0.717) is 18.5 Å². The molecule has 0 radical (unpaired) electrons. The molecular formula is C14H14N2O2. The number of benzene rings is 1. The van der Waals surface area contributed by atoms with Gasteiger partial charge in [0.2, 0.25) is 0 Å². The van der Waals surface area contributed by atoms with E-state index in [1.165, 1.54) is 23.2 Å². The quantitative estimate of drug-likeness (QED) is 0.769. The van der Waals surface area contributed by atoms with Crippen LogP contribution in [0.4, 0.5) is 0 Å². The summed E-state index contributed by atoms with van der Waals surface area (Å²) >= 11 is 0. The van der Waals surface area contributed by atoms with E-state index in [-0.39, 0.29) is 11.3 Å². The lowest BCUT2D eigenvalue weighted by Gasteiger charge is -2.05. The van der Waals surface area contributed by atoms with Crippen molar-refractivity contribution in [1.29, 1.82) is 0 Å². The molecule has 0 fully saturated rings. The van der Waals surface area contributed by atoms with Gasteiger partial charge in [-0.2, -0.15) is 0 Å². The van der Waals surface area contributed by atoms with Gasteiger partial charge in [-0.3, -0.25) is 14.2 Å². The van der Waals surface area contributed by atoms with Crippen molar-refractivity contribution in [1.82, 2.24) is 9.55 Å². The molecule has 0 aliphatic heterocycles. The monoisotopic (exact) mass is 242 g/mol. The van der Waals surface area contributed by atoms with Gasteiger partial charge in [-0.25, -0.2) is 4.98 Å². The molecule has 1 aromatic heterocycles. The number of Topliss-reactive ketones (excluding diaryl/α,β-unsaturated/α-hetero) is 1. The zero-order valence-corrected chi connectivity index (χ0v) is 10.2. The van der Waals surface area contributed by atoms with Gasteiger partial charge in [0.1, 0.15) is 0 Å². The third-order valence-electron chi connectivity index (χ3n) is 2.74. The molecule has 0 aliphatic rings. The number of aromatic nitrogens is 2. The zero-order valence-electron chi connectivity index (χ0n) is 10.2. The Kier molecular flexibility index (Phi) is 3.67. The average Bonchev–Trinajstić information content (AvgIpc) is 2.41. The SMILES string of the molecule is CCC(=O)c1ccc(Cn2cnccc2=O)cc1. The Labute approximate surface area is 105 Å². The fraction of sp³-hybridized carbons (Fsp3) is 0.214. The summed E-state index contributed by atoms with van der Waals surface area (Å²) in [5.41, 5.74) is 1.59. The predicted molar refractivity (Wildman–Crippen MR) is 68.7 cm³/mol. The summed E-state index contributed by atoms with van der Waals surface area (Å²) in [7, 11) is 0. The van der Waals surface area contributed by atoms with Gasteiger partial charge in [0.15, 0.2) is 5.78 Å². The van der Waals surface area contributed by atoms with Crippen molar-refractivity contribution in [3.63, 3.8) is 0 Å². The van der Waals surface area contributed by atoms with E-state index in [2.05, 4.69) is 4.98 Å². The highest BCUT2D eigenvalue weighted by Crippen LogP contribution is 2.07. The van der Waals surface area contributed by atoms with Gasteiger partial charge in [-0.05, 0) is 5.56 Å². The molecule has 1 heterocycles. The molecule has 0 spiro atoms. The second kappa shape index (κ2) is 5.40. The maximum Gasteiger partial charge on any atom is 0.253 e. The molecule has 18 heavy (non-hydrogen) atoms. The predicted octanol–water partition coefficient (Wildman–Crippen LogP) is 1.88. The Bertz CT molecular complexity index is 600. The summed E-state index contributed by atoms with van der Waals surface area (Å²) in [5.74, 6) is 0.125. The molecular weight excluding hydrogens is 228 g/mol. The van der Waals surface area contributed by atoms with E-state index in [1.54, 1.807) is 12.1 Å². The molecule has 0 saturated heterocycles. The molecule has 4 heteroatoms. The number of carbonyl (C=O) groups excluding carboxylic acids is 1. The minimum Gasteiger partial charge on any atom is -0.295 e. The lowest BCUT2D eigenvalue weighted by Crippen LogP contribution is -2.19. The van der Waals surface area contributed by atoms with Crippen molar-refractivity contribution in [3.8, 4) is 0 Å².